The molecule has 0 aliphatic carbocycles. The Morgan fingerprint density at radius 1 is 1.42 bits per heavy atom. The number of benzene rings is 1. The SMILES string of the molecule is CCCNOc1ccccc1O. The molecule has 0 amide bonds. The third kappa shape index (κ3) is 2.43. The normalized spacial score (nSPS) is 9.75. The van der Waals surface area contributed by atoms with Crippen molar-refractivity contribution in [3.05, 3.63) is 24.3 Å². The standard InChI is InChI=1S/C9H13NO2/c1-2-7-10-12-9-6-4-3-5-8(9)11/h3-6,10-11H,2,7H2,1H3. The van der Waals surface area contributed by atoms with E-state index in [4.69, 9.17) is 4.84 Å². The van der Waals surface area contributed by atoms with Gasteiger partial charge in [0.1, 0.15) is 0 Å². The number of nitrogens with one attached hydrogen (secondary N) is 1. The van der Waals surface area contributed by atoms with Crippen LogP contribution in [0.4, 0.5) is 0 Å². The maximum atomic E-state index is 9.24. The van der Waals surface area contributed by atoms with Crippen molar-refractivity contribution in [1.29, 1.82) is 0 Å². The molecule has 0 aliphatic heterocycles. The predicted molar refractivity (Wildman–Crippen MR) is 47.0 cm³/mol. The van der Waals surface area contributed by atoms with Crippen LogP contribution in [0.25, 0.3) is 0 Å². The molecule has 0 saturated heterocycles. The fourth-order valence-corrected chi connectivity index (χ4v) is 0.774. The van der Waals surface area contributed by atoms with Crippen molar-refractivity contribution in [2.45, 2.75) is 13.3 Å². The molecule has 0 atom stereocenters. The summed E-state index contributed by atoms with van der Waals surface area (Å²) >= 11 is 0. The Labute approximate surface area is 71.9 Å². The van der Waals surface area contributed by atoms with E-state index < -0.39 is 0 Å². The molecule has 0 radical (unpaired) electrons. The highest BCUT2D eigenvalue weighted by molar-refractivity contribution is 5.37. The van der Waals surface area contributed by atoms with Crippen LogP contribution in [-0.2, 0) is 0 Å². The second-order valence-electron chi connectivity index (χ2n) is 2.46. The predicted octanol–water partition coefficient (Wildman–Crippen LogP) is 1.69. The molecule has 0 bridgehead atoms. The molecule has 1 rings (SSSR count). The van der Waals surface area contributed by atoms with E-state index in [0.717, 1.165) is 13.0 Å². The smallest absolute Gasteiger partial charge is 0.188 e. The second kappa shape index (κ2) is 4.62. The first-order chi connectivity index (χ1) is 5.84. The van der Waals surface area contributed by atoms with Crippen LogP contribution in [0.2, 0.25) is 0 Å². The summed E-state index contributed by atoms with van der Waals surface area (Å²) in [6.07, 6.45) is 0.994. The van der Waals surface area contributed by atoms with Crippen LogP contribution in [0, 0.1) is 0 Å². The highest BCUT2D eigenvalue weighted by atomic mass is 16.6. The largest absolute Gasteiger partial charge is 0.504 e. The molecule has 66 valence electrons. The lowest BCUT2D eigenvalue weighted by molar-refractivity contribution is 0.188. The fourth-order valence-electron chi connectivity index (χ4n) is 0.774. The molecule has 0 heterocycles. The molecule has 1 aromatic carbocycles. The van der Waals surface area contributed by atoms with Crippen LogP contribution in [-0.4, -0.2) is 11.7 Å². The lowest BCUT2D eigenvalue weighted by Gasteiger charge is -2.06. The summed E-state index contributed by atoms with van der Waals surface area (Å²) in [5.41, 5.74) is 2.73. The molecule has 0 aromatic heterocycles. The topological polar surface area (TPSA) is 41.5 Å². The van der Waals surface area contributed by atoms with E-state index in [9.17, 15) is 5.11 Å². The van der Waals surface area contributed by atoms with Crippen LogP contribution in [0.1, 0.15) is 13.3 Å². The number of aromatic hydroxyl groups is 1. The second-order valence-corrected chi connectivity index (χ2v) is 2.46. The zero-order chi connectivity index (χ0) is 8.81. The van der Waals surface area contributed by atoms with Gasteiger partial charge in [0, 0.05) is 6.54 Å². The van der Waals surface area contributed by atoms with Crippen molar-refractivity contribution in [1.82, 2.24) is 5.48 Å². The van der Waals surface area contributed by atoms with Gasteiger partial charge < -0.3 is 9.94 Å². The number of phenols is 1. The molecule has 12 heavy (non-hydrogen) atoms. The molecule has 0 unspecified atom stereocenters. The molecule has 2 N–H and O–H groups in total. The van der Waals surface area contributed by atoms with Gasteiger partial charge in [0.25, 0.3) is 0 Å². The zero-order valence-electron chi connectivity index (χ0n) is 7.08. The van der Waals surface area contributed by atoms with Gasteiger partial charge in [-0.1, -0.05) is 19.1 Å². The van der Waals surface area contributed by atoms with Crippen molar-refractivity contribution in [3.8, 4) is 11.5 Å². The minimum Gasteiger partial charge on any atom is -0.504 e. The highest BCUT2D eigenvalue weighted by Gasteiger charge is 1.98. The van der Waals surface area contributed by atoms with Gasteiger partial charge in [-0.15, -0.1) is 0 Å². The van der Waals surface area contributed by atoms with E-state index in [0.29, 0.717) is 5.75 Å². The molecule has 0 saturated carbocycles. The quantitative estimate of drug-likeness (QED) is 0.529. The fraction of sp³-hybridized carbons (Fsp3) is 0.333. The number of hydrogen-bond acceptors (Lipinski definition) is 3. The van der Waals surface area contributed by atoms with Crippen molar-refractivity contribution in [3.63, 3.8) is 0 Å². The third-order valence-corrected chi connectivity index (χ3v) is 1.40. The Morgan fingerprint density at radius 2 is 2.17 bits per heavy atom. The van der Waals surface area contributed by atoms with Crippen LogP contribution in [0.15, 0.2) is 24.3 Å². The molecule has 0 aliphatic rings. The van der Waals surface area contributed by atoms with E-state index in [-0.39, 0.29) is 5.75 Å². The van der Waals surface area contributed by atoms with Gasteiger partial charge >= 0.3 is 0 Å². The van der Waals surface area contributed by atoms with Crippen LogP contribution < -0.4 is 10.3 Å². The molecule has 3 nitrogen and oxygen atoms in total. The van der Waals surface area contributed by atoms with Crippen molar-refractivity contribution >= 4 is 0 Å². The summed E-state index contributed by atoms with van der Waals surface area (Å²) < 4.78 is 0. The van der Waals surface area contributed by atoms with Gasteiger partial charge in [-0.3, -0.25) is 0 Å². The van der Waals surface area contributed by atoms with E-state index in [1.807, 2.05) is 13.0 Å². The molecule has 1 aromatic rings. The van der Waals surface area contributed by atoms with E-state index >= 15 is 0 Å². The molecular formula is C9H13NO2. The van der Waals surface area contributed by atoms with Gasteiger partial charge in [0.15, 0.2) is 11.5 Å². The summed E-state index contributed by atoms with van der Waals surface area (Å²) in [4.78, 5) is 5.08. The zero-order valence-corrected chi connectivity index (χ0v) is 7.08. The highest BCUT2D eigenvalue weighted by Crippen LogP contribution is 2.23. The van der Waals surface area contributed by atoms with Crippen molar-refractivity contribution in [2.75, 3.05) is 6.54 Å². The van der Waals surface area contributed by atoms with Gasteiger partial charge in [0.2, 0.25) is 0 Å². The van der Waals surface area contributed by atoms with Gasteiger partial charge in [-0.05, 0) is 18.6 Å². The van der Waals surface area contributed by atoms with Gasteiger partial charge in [0.05, 0.1) is 0 Å². The summed E-state index contributed by atoms with van der Waals surface area (Å²) in [6.45, 7) is 2.82. The summed E-state index contributed by atoms with van der Waals surface area (Å²) in [5, 5.41) is 9.24. The Bertz CT molecular complexity index is 238. The number of rotatable bonds is 4. The maximum Gasteiger partial charge on any atom is 0.188 e. The lowest BCUT2D eigenvalue weighted by atomic mass is 10.3. The minimum atomic E-state index is 0.154. The van der Waals surface area contributed by atoms with Crippen LogP contribution in [0.3, 0.4) is 0 Å². The van der Waals surface area contributed by atoms with Gasteiger partial charge in [-0.2, -0.15) is 5.48 Å². The third-order valence-electron chi connectivity index (χ3n) is 1.40. The monoisotopic (exact) mass is 167 g/mol. The van der Waals surface area contributed by atoms with E-state index in [2.05, 4.69) is 5.48 Å². The van der Waals surface area contributed by atoms with E-state index in [1.165, 1.54) is 0 Å². The average molecular weight is 167 g/mol. The first-order valence-corrected chi connectivity index (χ1v) is 4.02. The lowest BCUT2D eigenvalue weighted by Crippen LogP contribution is -2.18. The average Bonchev–Trinajstić information content (AvgIpc) is 2.09. The minimum absolute atomic E-state index is 0.154. The summed E-state index contributed by atoms with van der Waals surface area (Å²) in [7, 11) is 0. The first kappa shape index (κ1) is 8.87. The Hall–Kier alpha value is -1.22. The van der Waals surface area contributed by atoms with Crippen LogP contribution in [0.5, 0.6) is 11.5 Å². The molecular weight excluding hydrogens is 154 g/mol. The van der Waals surface area contributed by atoms with Crippen molar-refractivity contribution < 1.29 is 9.94 Å². The van der Waals surface area contributed by atoms with Crippen LogP contribution >= 0.6 is 0 Å². The Kier molecular flexibility index (Phi) is 3.41. The Balaban J connectivity index is 2.46. The van der Waals surface area contributed by atoms with E-state index in [1.54, 1.807) is 18.2 Å². The van der Waals surface area contributed by atoms with Gasteiger partial charge in [-0.25, -0.2) is 0 Å². The molecule has 0 fully saturated rings. The number of para-hydroxylation sites is 2. The van der Waals surface area contributed by atoms with Crippen molar-refractivity contribution in [2.24, 2.45) is 0 Å². The first-order valence-electron chi connectivity index (χ1n) is 4.02. The number of phenolic OH excluding ortho intramolecular Hbond substituents is 1. The summed E-state index contributed by atoms with van der Waals surface area (Å²) in [6, 6.07) is 6.85. The summed E-state index contributed by atoms with van der Waals surface area (Å²) in [5.74, 6) is 0.618. The number of hydroxylamine groups is 1. The molecule has 3 heteroatoms. The Morgan fingerprint density at radius 3 is 2.83 bits per heavy atom. The molecule has 0 spiro atoms. The maximum absolute atomic E-state index is 9.24. The number of hydrogen-bond donors (Lipinski definition) is 2.